The van der Waals surface area contributed by atoms with Gasteiger partial charge in [0.2, 0.25) is 0 Å². The first kappa shape index (κ1) is 15.3. The molecule has 0 saturated heterocycles. The van der Waals surface area contributed by atoms with Crippen LogP contribution in [0.5, 0.6) is 0 Å². The van der Waals surface area contributed by atoms with E-state index in [4.69, 9.17) is 10.5 Å². The van der Waals surface area contributed by atoms with Gasteiger partial charge in [0.25, 0.3) is 0 Å². The molecule has 1 aromatic heterocycles. The number of ether oxygens (including phenoxy) is 3. The number of anilines is 1. The molecule has 0 aromatic carbocycles. The molecule has 9 nitrogen and oxygen atoms in total. The fourth-order valence-corrected chi connectivity index (χ4v) is 1.35. The molecule has 20 heavy (non-hydrogen) atoms. The van der Waals surface area contributed by atoms with E-state index >= 15 is 0 Å². The second-order valence-corrected chi connectivity index (χ2v) is 3.39. The van der Waals surface area contributed by atoms with Crippen LogP contribution < -0.4 is 5.73 Å². The SMILES string of the molecule is CCOC(=O)c1c(C(=O)OC)nnc(C(=O)OC)c1N. The van der Waals surface area contributed by atoms with E-state index in [0.29, 0.717) is 0 Å². The van der Waals surface area contributed by atoms with Gasteiger partial charge < -0.3 is 19.9 Å². The molecule has 2 N–H and O–H groups in total. The molecule has 0 aliphatic rings. The van der Waals surface area contributed by atoms with E-state index in [1.54, 1.807) is 6.92 Å². The maximum Gasteiger partial charge on any atom is 0.360 e. The number of nitrogens with zero attached hydrogens (tertiary/aromatic N) is 2. The zero-order valence-electron chi connectivity index (χ0n) is 11.1. The standard InChI is InChI=1S/C11H13N3O6/c1-4-20-9(15)5-6(12)8(11(17)19-3)14-13-7(5)10(16)18-2/h4H2,1-3H3,(H2,12,13). The van der Waals surface area contributed by atoms with E-state index in [9.17, 15) is 14.4 Å². The summed E-state index contributed by atoms with van der Waals surface area (Å²) < 4.78 is 13.7. The molecule has 0 saturated carbocycles. The van der Waals surface area contributed by atoms with Gasteiger partial charge in [-0.25, -0.2) is 14.4 Å². The highest BCUT2D eigenvalue weighted by Crippen LogP contribution is 2.20. The number of carbonyl (C=O) groups excluding carboxylic acids is 3. The summed E-state index contributed by atoms with van der Waals surface area (Å²) in [6.45, 7) is 1.62. The molecule has 0 unspecified atom stereocenters. The fourth-order valence-electron chi connectivity index (χ4n) is 1.35. The average Bonchev–Trinajstić information content (AvgIpc) is 2.45. The van der Waals surface area contributed by atoms with Crippen LogP contribution >= 0.6 is 0 Å². The number of nitrogen functional groups attached to an aromatic ring is 1. The van der Waals surface area contributed by atoms with Crippen molar-refractivity contribution in [3.8, 4) is 0 Å². The maximum absolute atomic E-state index is 11.8. The van der Waals surface area contributed by atoms with Crippen LogP contribution in [-0.2, 0) is 14.2 Å². The first-order valence-electron chi connectivity index (χ1n) is 5.47. The Morgan fingerprint density at radius 1 is 1.00 bits per heavy atom. The predicted molar refractivity (Wildman–Crippen MR) is 65.1 cm³/mol. The van der Waals surface area contributed by atoms with Gasteiger partial charge in [-0.3, -0.25) is 0 Å². The molecule has 0 aliphatic heterocycles. The normalized spacial score (nSPS) is 9.75. The van der Waals surface area contributed by atoms with Crippen LogP contribution in [0.2, 0.25) is 0 Å². The van der Waals surface area contributed by atoms with E-state index in [1.807, 2.05) is 0 Å². The molecular formula is C11H13N3O6. The highest BCUT2D eigenvalue weighted by Gasteiger charge is 2.29. The third-order valence-electron chi connectivity index (χ3n) is 2.25. The lowest BCUT2D eigenvalue weighted by Gasteiger charge is -2.10. The van der Waals surface area contributed by atoms with Crippen molar-refractivity contribution in [3.63, 3.8) is 0 Å². The molecule has 9 heteroatoms. The van der Waals surface area contributed by atoms with Crippen molar-refractivity contribution in [1.82, 2.24) is 10.2 Å². The first-order valence-corrected chi connectivity index (χ1v) is 5.47. The van der Waals surface area contributed by atoms with Gasteiger partial charge in [-0.2, -0.15) is 0 Å². The van der Waals surface area contributed by atoms with Crippen molar-refractivity contribution < 1.29 is 28.6 Å². The molecular weight excluding hydrogens is 270 g/mol. The number of hydrogen-bond acceptors (Lipinski definition) is 9. The van der Waals surface area contributed by atoms with Crippen LogP contribution in [0.4, 0.5) is 5.69 Å². The summed E-state index contributed by atoms with van der Waals surface area (Å²) in [5.74, 6) is -2.73. The summed E-state index contributed by atoms with van der Waals surface area (Å²) in [5, 5.41) is 6.94. The van der Waals surface area contributed by atoms with E-state index in [2.05, 4.69) is 19.7 Å². The molecule has 0 spiro atoms. The minimum absolute atomic E-state index is 0.0504. The van der Waals surface area contributed by atoms with Gasteiger partial charge in [0, 0.05) is 0 Å². The van der Waals surface area contributed by atoms with Crippen molar-refractivity contribution in [3.05, 3.63) is 17.0 Å². The summed E-state index contributed by atoms with van der Waals surface area (Å²) in [5.41, 5.74) is 4.12. The first-order chi connectivity index (χ1) is 9.47. The van der Waals surface area contributed by atoms with Gasteiger partial charge in [-0.05, 0) is 6.92 Å². The van der Waals surface area contributed by atoms with Gasteiger partial charge in [0.05, 0.1) is 26.5 Å². The van der Waals surface area contributed by atoms with Crippen molar-refractivity contribution in [2.45, 2.75) is 6.92 Å². The summed E-state index contributed by atoms with van der Waals surface area (Å²) in [4.78, 5) is 34.8. The van der Waals surface area contributed by atoms with Crippen molar-refractivity contribution in [2.75, 3.05) is 26.6 Å². The van der Waals surface area contributed by atoms with Crippen LogP contribution in [0.15, 0.2) is 0 Å². The minimum atomic E-state index is -0.927. The Kier molecular flexibility index (Phi) is 4.95. The summed E-state index contributed by atoms with van der Waals surface area (Å²) in [6.07, 6.45) is 0. The lowest BCUT2D eigenvalue weighted by molar-refractivity contribution is 0.0500. The molecule has 1 aromatic rings. The smallest absolute Gasteiger partial charge is 0.360 e. The Morgan fingerprint density at radius 3 is 2.00 bits per heavy atom. The largest absolute Gasteiger partial charge is 0.464 e. The molecule has 108 valence electrons. The Balaban J connectivity index is 3.49. The Hall–Kier alpha value is -2.71. The minimum Gasteiger partial charge on any atom is -0.464 e. The number of methoxy groups -OCH3 is 2. The number of aromatic nitrogens is 2. The molecule has 0 aliphatic carbocycles. The van der Waals surface area contributed by atoms with Gasteiger partial charge in [0.15, 0.2) is 11.4 Å². The van der Waals surface area contributed by atoms with E-state index < -0.39 is 23.6 Å². The summed E-state index contributed by atoms with van der Waals surface area (Å²) >= 11 is 0. The zero-order chi connectivity index (χ0) is 15.3. The van der Waals surface area contributed by atoms with E-state index in [0.717, 1.165) is 14.2 Å². The third kappa shape index (κ3) is 2.82. The third-order valence-corrected chi connectivity index (χ3v) is 2.25. The van der Waals surface area contributed by atoms with Gasteiger partial charge >= 0.3 is 17.9 Å². The fraction of sp³-hybridized carbons (Fsp3) is 0.364. The molecule has 0 bridgehead atoms. The molecule has 0 atom stereocenters. The van der Waals surface area contributed by atoms with Crippen LogP contribution in [0.1, 0.15) is 38.3 Å². The second-order valence-electron chi connectivity index (χ2n) is 3.39. The number of hydrogen-bond donors (Lipinski definition) is 1. The lowest BCUT2D eigenvalue weighted by Crippen LogP contribution is -2.22. The molecule has 0 amide bonds. The monoisotopic (exact) mass is 283 g/mol. The Morgan fingerprint density at radius 2 is 1.50 bits per heavy atom. The van der Waals surface area contributed by atoms with Crippen LogP contribution in [0.3, 0.4) is 0 Å². The van der Waals surface area contributed by atoms with Gasteiger partial charge in [0.1, 0.15) is 5.56 Å². The Labute approximate surface area is 114 Å². The van der Waals surface area contributed by atoms with Crippen LogP contribution in [0, 0.1) is 0 Å². The van der Waals surface area contributed by atoms with Crippen LogP contribution in [0.25, 0.3) is 0 Å². The van der Waals surface area contributed by atoms with E-state index in [-0.39, 0.29) is 23.6 Å². The lowest BCUT2D eigenvalue weighted by atomic mass is 10.1. The number of nitrogens with two attached hydrogens (primary N) is 1. The second kappa shape index (κ2) is 6.45. The predicted octanol–water partition coefficient (Wildman–Crippen LogP) is -0.191. The van der Waals surface area contributed by atoms with Crippen molar-refractivity contribution >= 4 is 23.6 Å². The molecule has 0 radical (unpaired) electrons. The summed E-state index contributed by atoms with van der Waals surface area (Å²) in [7, 11) is 2.21. The molecule has 1 rings (SSSR count). The zero-order valence-corrected chi connectivity index (χ0v) is 11.1. The highest BCUT2D eigenvalue weighted by atomic mass is 16.5. The number of rotatable bonds is 4. The summed E-state index contributed by atoms with van der Waals surface area (Å²) in [6, 6.07) is 0. The van der Waals surface area contributed by atoms with Crippen molar-refractivity contribution in [2.24, 2.45) is 0 Å². The number of esters is 3. The average molecular weight is 283 g/mol. The highest BCUT2D eigenvalue weighted by molar-refractivity contribution is 6.08. The van der Waals surface area contributed by atoms with Gasteiger partial charge in [-0.15, -0.1) is 10.2 Å². The Bertz CT molecular complexity index is 557. The van der Waals surface area contributed by atoms with Crippen molar-refractivity contribution in [1.29, 1.82) is 0 Å². The van der Waals surface area contributed by atoms with Gasteiger partial charge in [-0.1, -0.05) is 0 Å². The maximum atomic E-state index is 11.8. The van der Waals surface area contributed by atoms with Crippen LogP contribution in [-0.4, -0.2) is 48.9 Å². The topological polar surface area (TPSA) is 131 Å². The molecule has 1 heterocycles. The quantitative estimate of drug-likeness (QED) is 0.589. The van der Waals surface area contributed by atoms with E-state index in [1.165, 1.54) is 0 Å². The number of carbonyl (C=O) groups is 3. The molecule has 0 fully saturated rings.